The van der Waals surface area contributed by atoms with E-state index in [4.69, 9.17) is 4.74 Å². The van der Waals surface area contributed by atoms with E-state index >= 15 is 0 Å². The molecule has 0 fully saturated rings. The summed E-state index contributed by atoms with van der Waals surface area (Å²) in [6.07, 6.45) is 0. The molecule has 0 heterocycles. The summed E-state index contributed by atoms with van der Waals surface area (Å²) in [7, 11) is 3.13. The summed E-state index contributed by atoms with van der Waals surface area (Å²) in [5, 5.41) is 2.53. The van der Waals surface area contributed by atoms with Crippen LogP contribution < -0.4 is 10.1 Å². The average molecular weight is 197 g/mol. The number of nitrogens with one attached hydrogen (secondary N) is 1. The maximum atomic E-state index is 11.2. The lowest BCUT2D eigenvalue weighted by atomic mass is 10.2. The molecule has 0 aliphatic carbocycles. The van der Waals surface area contributed by atoms with E-state index in [1.54, 1.807) is 32.4 Å². The fourth-order valence-corrected chi connectivity index (χ4v) is 1.19. The van der Waals surface area contributed by atoms with Crippen molar-refractivity contribution in [1.29, 1.82) is 0 Å². The fourth-order valence-electron chi connectivity index (χ4n) is 0.963. The van der Waals surface area contributed by atoms with Crippen molar-refractivity contribution in [3.05, 3.63) is 23.8 Å². The highest BCUT2D eigenvalue weighted by atomic mass is 32.1. The van der Waals surface area contributed by atoms with E-state index < -0.39 is 0 Å². The standard InChI is InChI=1S/C9H11NO2S/c1-10-9(11)6-3-4-8(13)7(5-6)12-2/h3-5,13H,1-2H3,(H,10,11). The van der Waals surface area contributed by atoms with Crippen LogP contribution in [0, 0.1) is 0 Å². The van der Waals surface area contributed by atoms with E-state index in [0.29, 0.717) is 11.3 Å². The summed E-state index contributed by atoms with van der Waals surface area (Å²) in [6, 6.07) is 5.08. The van der Waals surface area contributed by atoms with Gasteiger partial charge in [-0.25, -0.2) is 0 Å². The minimum absolute atomic E-state index is 0.133. The molecule has 0 spiro atoms. The number of thiol groups is 1. The number of methoxy groups -OCH3 is 1. The van der Waals surface area contributed by atoms with E-state index in [1.807, 2.05) is 0 Å². The topological polar surface area (TPSA) is 38.3 Å². The van der Waals surface area contributed by atoms with Gasteiger partial charge in [-0.15, -0.1) is 12.6 Å². The van der Waals surface area contributed by atoms with Crippen LogP contribution in [0.25, 0.3) is 0 Å². The molecule has 0 saturated heterocycles. The first-order valence-electron chi connectivity index (χ1n) is 3.78. The molecule has 3 nitrogen and oxygen atoms in total. The highest BCUT2D eigenvalue weighted by Crippen LogP contribution is 2.23. The SMILES string of the molecule is CNC(=O)c1ccc(S)c(OC)c1. The van der Waals surface area contributed by atoms with Gasteiger partial charge in [0.2, 0.25) is 0 Å². The third kappa shape index (κ3) is 2.15. The Balaban J connectivity index is 3.06. The molecule has 1 rings (SSSR count). The highest BCUT2D eigenvalue weighted by molar-refractivity contribution is 7.80. The first-order valence-corrected chi connectivity index (χ1v) is 4.23. The zero-order chi connectivity index (χ0) is 9.84. The third-order valence-corrected chi connectivity index (χ3v) is 2.04. The first kappa shape index (κ1) is 9.92. The van der Waals surface area contributed by atoms with E-state index in [1.165, 1.54) is 0 Å². The molecule has 1 N–H and O–H groups in total. The Hall–Kier alpha value is -1.16. The minimum Gasteiger partial charge on any atom is -0.496 e. The second-order valence-corrected chi connectivity index (χ2v) is 2.95. The van der Waals surface area contributed by atoms with Crippen molar-refractivity contribution in [2.45, 2.75) is 4.90 Å². The van der Waals surface area contributed by atoms with Crippen molar-refractivity contribution in [1.82, 2.24) is 5.32 Å². The van der Waals surface area contributed by atoms with Gasteiger partial charge in [-0.3, -0.25) is 4.79 Å². The number of rotatable bonds is 2. The van der Waals surface area contributed by atoms with Crippen molar-refractivity contribution in [3.63, 3.8) is 0 Å². The molecule has 0 atom stereocenters. The average Bonchev–Trinajstić information content (AvgIpc) is 2.17. The van der Waals surface area contributed by atoms with Gasteiger partial charge < -0.3 is 10.1 Å². The summed E-state index contributed by atoms with van der Waals surface area (Å²) < 4.78 is 5.02. The van der Waals surface area contributed by atoms with Crippen molar-refractivity contribution >= 4 is 18.5 Å². The van der Waals surface area contributed by atoms with Crippen LogP contribution in [0.1, 0.15) is 10.4 Å². The molecule has 1 amide bonds. The monoisotopic (exact) mass is 197 g/mol. The summed E-state index contributed by atoms with van der Waals surface area (Å²) in [5.74, 6) is 0.469. The Morgan fingerprint density at radius 3 is 2.77 bits per heavy atom. The number of hydrogen-bond acceptors (Lipinski definition) is 3. The van der Waals surface area contributed by atoms with Crippen LogP contribution >= 0.6 is 12.6 Å². The zero-order valence-electron chi connectivity index (χ0n) is 7.50. The minimum atomic E-state index is -0.133. The van der Waals surface area contributed by atoms with Crippen LogP contribution in [0.5, 0.6) is 5.75 Å². The molecule has 0 aromatic heterocycles. The van der Waals surface area contributed by atoms with Crippen LogP contribution in [0.2, 0.25) is 0 Å². The summed E-state index contributed by atoms with van der Waals surface area (Å²) in [4.78, 5) is 11.9. The molecule has 1 aromatic carbocycles. The molecular weight excluding hydrogens is 186 g/mol. The fraction of sp³-hybridized carbons (Fsp3) is 0.222. The molecule has 0 bridgehead atoms. The van der Waals surface area contributed by atoms with Gasteiger partial charge in [0, 0.05) is 17.5 Å². The van der Waals surface area contributed by atoms with Gasteiger partial charge in [0.15, 0.2) is 0 Å². The highest BCUT2D eigenvalue weighted by Gasteiger charge is 2.06. The maximum absolute atomic E-state index is 11.2. The van der Waals surface area contributed by atoms with Gasteiger partial charge in [-0.05, 0) is 18.2 Å². The number of ether oxygens (including phenoxy) is 1. The lowest BCUT2D eigenvalue weighted by Gasteiger charge is -2.05. The normalized spacial score (nSPS) is 9.46. The van der Waals surface area contributed by atoms with Gasteiger partial charge in [-0.1, -0.05) is 0 Å². The predicted octanol–water partition coefficient (Wildman–Crippen LogP) is 1.34. The first-order chi connectivity index (χ1) is 6.19. The van der Waals surface area contributed by atoms with E-state index in [-0.39, 0.29) is 5.91 Å². The lowest BCUT2D eigenvalue weighted by molar-refractivity contribution is 0.0962. The predicted molar refractivity (Wildman–Crippen MR) is 53.6 cm³/mol. The Labute approximate surface area is 82.5 Å². The largest absolute Gasteiger partial charge is 0.496 e. The molecule has 0 aliphatic heterocycles. The smallest absolute Gasteiger partial charge is 0.251 e. The van der Waals surface area contributed by atoms with Gasteiger partial charge in [0.1, 0.15) is 5.75 Å². The maximum Gasteiger partial charge on any atom is 0.251 e. The Kier molecular flexibility index (Phi) is 3.19. The van der Waals surface area contributed by atoms with E-state index in [2.05, 4.69) is 17.9 Å². The van der Waals surface area contributed by atoms with Crippen LogP contribution in [-0.4, -0.2) is 20.1 Å². The Morgan fingerprint density at radius 2 is 2.23 bits per heavy atom. The van der Waals surface area contributed by atoms with E-state index in [0.717, 1.165) is 4.90 Å². The number of hydrogen-bond donors (Lipinski definition) is 2. The van der Waals surface area contributed by atoms with Crippen molar-refractivity contribution in [2.24, 2.45) is 0 Å². The summed E-state index contributed by atoms with van der Waals surface area (Å²) in [5.41, 5.74) is 0.567. The second-order valence-electron chi connectivity index (χ2n) is 2.47. The molecule has 70 valence electrons. The molecule has 0 unspecified atom stereocenters. The molecular formula is C9H11NO2S. The van der Waals surface area contributed by atoms with Crippen molar-refractivity contribution < 1.29 is 9.53 Å². The van der Waals surface area contributed by atoms with Gasteiger partial charge >= 0.3 is 0 Å². The van der Waals surface area contributed by atoms with Crippen molar-refractivity contribution in [3.8, 4) is 5.75 Å². The van der Waals surface area contributed by atoms with Gasteiger partial charge in [0.05, 0.1) is 7.11 Å². The van der Waals surface area contributed by atoms with Crippen LogP contribution in [0.15, 0.2) is 23.1 Å². The van der Waals surface area contributed by atoms with Gasteiger partial charge in [-0.2, -0.15) is 0 Å². The number of amides is 1. The van der Waals surface area contributed by atoms with Crippen LogP contribution in [-0.2, 0) is 0 Å². The zero-order valence-corrected chi connectivity index (χ0v) is 8.39. The molecule has 13 heavy (non-hydrogen) atoms. The molecule has 4 heteroatoms. The third-order valence-electron chi connectivity index (χ3n) is 1.67. The Morgan fingerprint density at radius 1 is 1.54 bits per heavy atom. The summed E-state index contributed by atoms with van der Waals surface area (Å²) in [6.45, 7) is 0. The lowest BCUT2D eigenvalue weighted by Crippen LogP contribution is -2.17. The van der Waals surface area contributed by atoms with Crippen molar-refractivity contribution in [2.75, 3.05) is 14.2 Å². The molecule has 1 aromatic rings. The quantitative estimate of drug-likeness (QED) is 0.702. The number of carbonyl (C=O) groups is 1. The number of carbonyl (C=O) groups excluding carboxylic acids is 1. The molecule has 0 saturated carbocycles. The second kappa shape index (κ2) is 4.18. The molecule has 0 radical (unpaired) electrons. The van der Waals surface area contributed by atoms with Crippen LogP contribution in [0.3, 0.4) is 0 Å². The number of benzene rings is 1. The van der Waals surface area contributed by atoms with Crippen LogP contribution in [0.4, 0.5) is 0 Å². The Bertz CT molecular complexity index is 325. The molecule has 0 aliphatic rings. The van der Waals surface area contributed by atoms with E-state index in [9.17, 15) is 4.79 Å². The summed E-state index contributed by atoms with van der Waals surface area (Å²) >= 11 is 4.17. The van der Waals surface area contributed by atoms with Gasteiger partial charge in [0.25, 0.3) is 5.91 Å².